The standard InChI is InChI=1S/C9H16O6/c1-8(2)14-5-3-13-9(12,4-10)7(11)6(5)15-8/h5-7,10-12H,3-4H2,1-2H3/t5?,6?,7-,9+/m1/s1. The van der Waals surface area contributed by atoms with Gasteiger partial charge in [0, 0.05) is 0 Å². The molecular formula is C9H16O6. The number of ether oxygens (including phenoxy) is 3. The van der Waals surface area contributed by atoms with Crippen molar-refractivity contribution < 1.29 is 29.5 Å². The van der Waals surface area contributed by atoms with Gasteiger partial charge in [-0.1, -0.05) is 0 Å². The molecule has 0 spiro atoms. The van der Waals surface area contributed by atoms with Gasteiger partial charge in [0.15, 0.2) is 5.79 Å². The van der Waals surface area contributed by atoms with Gasteiger partial charge in [-0.3, -0.25) is 0 Å². The van der Waals surface area contributed by atoms with Crippen molar-refractivity contribution in [3.8, 4) is 0 Å². The van der Waals surface area contributed by atoms with E-state index in [0.29, 0.717) is 0 Å². The summed E-state index contributed by atoms with van der Waals surface area (Å²) in [5.41, 5.74) is 0. The Balaban J connectivity index is 2.16. The fraction of sp³-hybridized carbons (Fsp3) is 1.00. The first-order valence-corrected chi connectivity index (χ1v) is 4.89. The molecule has 3 N–H and O–H groups in total. The highest BCUT2D eigenvalue weighted by molar-refractivity contribution is 4.97. The summed E-state index contributed by atoms with van der Waals surface area (Å²) in [6, 6.07) is 0. The van der Waals surface area contributed by atoms with Crippen LogP contribution < -0.4 is 0 Å². The Morgan fingerprint density at radius 3 is 2.60 bits per heavy atom. The SMILES string of the molecule is CC1(C)OC2CO[C@@](O)(CO)[C@H](O)C2O1. The molecule has 0 aromatic rings. The van der Waals surface area contributed by atoms with Crippen molar-refractivity contribution in [1.29, 1.82) is 0 Å². The van der Waals surface area contributed by atoms with Gasteiger partial charge in [-0.15, -0.1) is 0 Å². The van der Waals surface area contributed by atoms with Gasteiger partial charge in [-0.05, 0) is 13.8 Å². The quantitative estimate of drug-likeness (QED) is 0.502. The van der Waals surface area contributed by atoms with Gasteiger partial charge in [0.05, 0.1) is 13.2 Å². The molecule has 4 atom stereocenters. The molecule has 2 heterocycles. The Kier molecular flexibility index (Phi) is 2.53. The lowest BCUT2D eigenvalue weighted by molar-refractivity contribution is -0.318. The Hall–Kier alpha value is -0.240. The lowest BCUT2D eigenvalue weighted by Gasteiger charge is -2.39. The van der Waals surface area contributed by atoms with Crippen LogP contribution in [0, 0.1) is 0 Å². The Labute approximate surface area is 87.4 Å². The van der Waals surface area contributed by atoms with Gasteiger partial charge >= 0.3 is 0 Å². The minimum absolute atomic E-state index is 0.0855. The Bertz CT molecular complexity index is 255. The van der Waals surface area contributed by atoms with Crippen molar-refractivity contribution in [2.45, 2.75) is 43.7 Å². The number of aliphatic hydroxyl groups is 3. The molecule has 0 aromatic heterocycles. The van der Waals surface area contributed by atoms with E-state index >= 15 is 0 Å². The average molecular weight is 220 g/mol. The van der Waals surface area contributed by atoms with Crippen molar-refractivity contribution in [3.05, 3.63) is 0 Å². The first-order chi connectivity index (χ1) is 6.88. The van der Waals surface area contributed by atoms with Crippen molar-refractivity contribution in [3.63, 3.8) is 0 Å². The zero-order valence-corrected chi connectivity index (χ0v) is 8.71. The van der Waals surface area contributed by atoms with Gasteiger partial charge in [0.25, 0.3) is 0 Å². The summed E-state index contributed by atoms with van der Waals surface area (Å²) in [5.74, 6) is -2.76. The van der Waals surface area contributed by atoms with E-state index in [1.54, 1.807) is 13.8 Å². The number of hydrogen-bond donors (Lipinski definition) is 3. The minimum Gasteiger partial charge on any atom is -0.391 e. The molecule has 15 heavy (non-hydrogen) atoms. The third kappa shape index (κ3) is 1.77. The summed E-state index contributed by atoms with van der Waals surface area (Å²) >= 11 is 0. The topological polar surface area (TPSA) is 88.4 Å². The van der Waals surface area contributed by atoms with Crippen LogP contribution in [0.25, 0.3) is 0 Å². The van der Waals surface area contributed by atoms with Crippen LogP contribution in [0.2, 0.25) is 0 Å². The Morgan fingerprint density at radius 2 is 2.00 bits per heavy atom. The van der Waals surface area contributed by atoms with E-state index in [9.17, 15) is 10.2 Å². The van der Waals surface area contributed by atoms with Crippen LogP contribution in [0.15, 0.2) is 0 Å². The van der Waals surface area contributed by atoms with Crippen molar-refractivity contribution in [1.82, 2.24) is 0 Å². The predicted molar refractivity (Wildman–Crippen MR) is 47.8 cm³/mol. The van der Waals surface area contributed by atoms with Gasteiger partial charge in [0.2, 0.25) is 5.79 Å². The molecule has 6 nitrogen and oxygen atoms in total. The van der Waals surface area contributed by atoms with E-state index in [1.807, 2.05) is 0 Å². The van der Waals surface area contributed by atoms with Crippen LogP contribution >= 0.6 is 0 Å². The molecule has 88 valence electrons. The first-order valence-electron chi connectivity index (χ1n) is 4.89. The number of hydrogen-bond acceptors (Lipinski definition) is 6. The second-order valence-corrected chi connectivity index (χ2v) is 4.40. The molecule has 0 saturated carbocycles. The van der Waals surface area contributed by atoms with E-state index in [2.05, 4.69) is 0 Å². The van der Waals surface area contributed by atoms with Gasteiger partial charge in [-0.2, -0.15) is 0 Å². The molecule has 0 bridgehead atoms. The number of aliphatic hydroxyl groups excluding tert-OH is 2. The molecule has 2 fully saturated rings. The summed E-state index contributed by atoms with van der Waals surface area (Å²) in [5, 5.41) is 28.4. The van der Waals surface area contributed by atoms with Crippen molar-refractivity contribution >= 4 is 0 Å². The van der Waals surface area contributed by atoms with Crippen LogP contribution in [0.4, 0.5) is 0 Å². The van der Waals surface area contributed by atoms with E-state index in [4.69, 9.17) is 19.3 Å². The summed E-state index contributed by atoms with van der Waals surface area (Å²) in [6.45, 7) is 2.84. The van der Waals surface area contributed by atoms with Crippen molar-refractivity contribution in [2.75, 3.05) is 13.2 Å². The third-order valence-corrected chi connectivity index (χ3v) is 2.72. The largest absolute Gasteiger partial charge is 0.391 e. The maximum Gasteiger partial charge on any atom is 0.218 e. The second-order valence-electron chi connectivity index (χ2n) is 4.40. The van der Waals surface area contributed by atoms with Gasteiger partial charge in [-0.25, -0.2) is 0 Å². The van der Waals surface area contributed by atoms with Gasteiger partial charge < -0.3 is 29.5 Å². The highest BCUT2D eigenvalue weighted by Gasteiger charge is 2.56. The van der Waals surface area contributed by atoms with Crippen molar-refractivity contribution in [2.24, 2.45) is 0 Å². The van der Waals surface area contributed by atoms with E-state index in [1.165, 1.54) is 0 Å². The normalized spacial score (nSPS) is 49.0. The van der Waals surface area contributed by atoms with Crippen LogP contribution in [0.3, 0.4) is 0 Å². The lowest BCUT2D eigenvalue weighted by atomic mass is 9.98. The molecule has 2 rings (SSSR count). The van der Waals surface area contributed by atoms with Crippen LogP contribution in [0.5, 0.6) is 0 Å². The lowest BCUT2D eigenvalue weighted by Crippen LogP contribution is -2.61. The molecule has 2 unspecified atom stereocenters. The fourth-order valence-corrected chi connectivity index (χ4v) is 1.97. The molecular weight excluding hydrogens is 204 g/mol. The van der Waals surface area contributed by atoms with E-state index < -0.39 is 36.5 Å². The zero-order chi connectivity index (χ0) is 11.3. The van der Waals surface area contributed by atoms with E-state index in [0.717, 1.165) is 0 Å². The van der Waals surface area contributed by atoms with Crippen LogP contribution in [-0.2, 0) is 14.2 Å². The highest BCUT2D eigenvalue weighted by atomic mass is 16.8. The molecule has 0 aliphatic carbocycles. The summed E-state index contributed by atoms with van der Waals surface area (Å²) in [4.78, 5) is 0. The number of fused-ring (bicyclic) bond motifs is 1. The second kappa shape index (κ2) is 3.38. The fourth-order valence-electron chi connectivity index (χ4n) is 1.97. The summed E-state index contributed by atoms with van der Waals surface area (Å²) in [7, 11) is 0. The predicted octanol–water partition coefficient (Wildman–Crippen LogP) is -1.42. The van der Waals surface area contributed by atoms with E-state index in [-0.39, 0.29) is 6.61 Å². The summed E-state index contributed by atoms with van der Waals surface area (Å²) in [6.07, 6.45) is -2.41. The van der Waals surface area contributed by atoms with Crippen LogP contribution in [-0.4, -0.2) is 58.4 Å². The zero-order valence-electron chi connectivity index (χ0n) is 8.71. The molecule has 0 radical (unpaired) electrons. The maximum absolute atomic E-state index is 9.79. The smallest absolute Gasteiger partial charge is 0.218 e. The summed E-state index contributed by atoms with van der Waals surface area (Å²) < 4.78 is 15.9. The average Bonchev–Trinajstić information content (AvgIpc) is 2.48. The number of rotatable bonds is 1. The Morgan fingerprint density at radius 1 is 1.33 bits per heavy atom. The third-order valence-electron chi connectivity index (χ3n) is 2.72. The molecule has 0 aromatic carbocycles. The van der Waals surface area contributed by atoms with Crippen LogP contribution in [0.1, 0.15) is 13.8 Å². The first kappa shape index (κ1) is 11.3. The van der Waals surface area contributed by atoms with Gasteiger partial charge in [0.1, 0.15) is 18.3 Å². The molecule has 2 aliphatic heterocycles. The minimum atomic E-state index is -1.95. The molecule has 0 amide bonds. The molecule has 2 saturated heterocycles. The molecule has 2 aliphatic rings. The maximum atomic E-state index is 9.79. The monoisotopic (exact) mass is 220 g/mol. The molecule has 6 heteroatoms. The highest BCUT2D eigenvalue weighted by Crippen LogP contribution is 2.37.